The molecule has 7 aliphatic carbocycles. The minimum Gasteiger partial charge on any atom is -0.511 e. The van der Waals surface area contributed by atoms with E-state index < -0.39 is 70.5 Å². The molecule has 12 unspecified atom stereocenters. The van der Waals surface area contributed by atoms with Crippen LogP contribution >= 0.6 is 21.6 Å². The third-order valence-electron chi connectivity index (χ3n) is 18.7. The summed E-state index contributed by atoms with van der Waals surface area (Å²) in [5, 5.41) is 79.5. The second-order valence-corrected chi connectivity index (χ2v) is 24.5. The summed E-state index contributed by atoms with van der Waals surface area (Å²) in [4.78, 5) is 43.8. The Labute approximate surface area is 409 Å². The fourth-order valence-electron chi connectivity index (χ4n) is 15.7. The molecule has 15 heteroatoms. The number of ketones is 2. The van der Waals surface area contributed by atoms with Crippen LogP contribution in [0.3, 0.4) is 0 Å². The summed E-state index contributed by atoms with van der Waals surface area (Å²) in [6.45, 7) is -0.395. The molecule has 3 heterocycles. The molecule has 2 aromatic carbocycles. The van der Waals surface area contributed by atoms with Gasteiger partial charge in [-0.15, -0.1) is 0 Å². The molecule has 0 radical (unpaired) electrons. The van der Waals surface area contributed by atoms with Crippen molar-refractivity contribution in [2.75, 3.05) is 24.8 Å². The Hall–Kier alpha value is -4.19. The van der Waals surface area contributed by atoms with Crippen LogP contribution in [0.4, 0.5) is 0 Å². The zero-order valence-corrected chi connectivity index (χ0v) is 40.0. The second-order valence-electron chi connectivity index (χ2n) is 22.0. The first-order chi connectivity index (χ1) is 33.3. The first-order valence-electron chi connectivity index (χ1n) is 24.7. The van der Waals surface area contributed by atoms with E-state index >= 15 is 4.79 Å². The van der Waals surface area contributed by atoms with Gasteiger partial charge in [-0.1, -0.05) is 89.1 Å². The molecule has 8 N–H and O–H groups in total. The maximum absolute atomic E-state index is 15.5. The lowest BCUT2D eigenvalue weighted by atomic mass is 9.49. The highest BCUT2D eigenvalue weighted by atomic mass is 33.1. The highest BCUT2D eigenvalue weighted by molar-refractivity contribution is 8.76. The monoisotopic (exact) mass is 976 g/mol. The molecule has 3 saturated carbocycles. The van der Waals surface area contributed by atoms with Crippen molar-refractivity contribution in [3.8, 4) is 5.75 Å². The van der Waals surface area contributed by atoms with Gasteiger partial charge in [0.05, 0.1) is 36.4 Å². The molecular formula is C54H60N2O11S2. The van der Waals surface area contributed by atoms with Gasteiger partial charge in [-0.2, -0.15) is 0 Å². The van der Waals surface area contributed by atoms with Crippen LogP contribution in [0.15, 0.2) is 101 Å². The number of benzene rings is 2. The Bertz CT molecular complexity index is 2690. The summed E-state index contributed by atoms with van der Waals surface area (Å²) < 4.78 is 13.0. The second kappa shape index (κ2) is 16.4. The topological polar surface area (TPSA) is 215 Å². The van der Waals surface area contributed by atoms with E-state index in [9.17, 15) is 40.2 Å². The van der Waals surface area contributed by atoms with Crippen molar-refractivity contribution in [1.82, 2.24) is 10.6 Å². The van der Waals surface area contributed by atoms with Gasteiger partial charge >= 0.3 is 0 Å². The molecule has 4 spiro atoms. The van der Waals surface area contributed by atoms with Crippen molar-refractivity contribution in [2.24, 2.45) is 45.3 Å². The van der Waals surface area contributed by atoms with Crippen LogP contribution in [0.1, 0.15) is 96.1 Å². The van der Waals surface area contributed by atoms with Gasteiger partial charge in [-0.05, 0) is 121 Å². The van der Waals surface area contributed by atoms with E-state index in [-0.39, 0.29) is 57.7 Å². The number of dihydropyridines is 1. The average molecular weight is 977 g/mol. The number of aldehydes is 1. The van der Waals surface area contributed by atoms with Crippen molar-refractivity contribution in [1.29, 1.82) is 0 Å². The number of carbonyl (C=O) groups excluding carboxylic acids is 3. The molecule has 7 bridgehead atoms. The van der Waals surface area contributed by atoms with Gasteiger partial charge in [0, 0.05) is 35.1 Å². The highest BCUT2D eigenvalue weighted by Gasteiger charge is 2.75. The number of carbonyl (C=O) groups is 3. The van der Waals surface area contributed by atoms with E-state index in [0.717, 1.165) is 80.3 Å². The average Bonchev–Trinajstić information content (AvgIpc) is 4.04. The first-order valence-corrected chi connectivity index (χ1v) is 27.1. The van der Waals surface area contributed by atoms with E-state index in [2.05, 4.69) is 16.7 Å². The fourth-order valence-corrected chi connectivity index (χ4v) is 18.0. The van der Waals surface area contributed by atoms with Crippen molar-refractivity contribution >= 4 is 39.4 Å². The van der Waals surface area contributed by atoms with Gasteiger partial charge in [0.15, 0.2) is 11.6 Å². The van der Waals surface area contributed by atoms with Crippen LogP contribution in [-0.4, -0.2) is 103 Å². The molecule has 0 aromatic heterocycles. The number of aliphatic hydroxyl groups is 6. The number of hydrogen-bond donors (Lipinski definition) is 8. The van der Waals surface area contributed by atoms with E-state index in [1.54, 1.807) is 30.4 Å². The Morgan fingerprint density at radius 1 is 0.957 bits per heavy atom. The summed E-state index contributed by atoms with van der Waals surface area (Å²) in [6.07, 6.45) is 14.0. The van der Waals surface area contributed by atoms with Gasteiger partial charge in [-0.3, -0.25) is 9.59 Å². The lowest BCUT2D eigenvalue weighted by molar-refractivity contribution is -0.356. The maximum Gasteiger partial charge on any atom is 0.230 e. The van der Waals surface area contributed by atoms with E-state index in [1.807, 2.05) is 30.3 Å². The Kier molecular flexibility index (Phi) is 10.9. The SMILES string of the molecule is O=CC1CC2(CCCC2)CC12CC1CCC3=C4C=C(NCSSCC56C(=O)c7c(cccc7C(=O)C5C=C(Cc5cccc(CO)c5)C=C6O)OC5OC6(CO)C=CC(C41C2)C(O)(C5O)C6O)NC3. The normalized spacial score (nSPS) is 40.4. The highest BCUT2D eigenvalue weighted by Crippen LogP contribution is 2.75. The van der Waals surface area contributed by atoms with Gasteiger partial charge in [0.2, 0.25) is 6.29 Å². The third kappa shape index (κ3) is 6.49. The van der Waals surface area contributed by atoms with Crippen LogP contribution < -0.4 is 15.4 Å². The molecule has 364 valence electrons. The molecule has 0 amide bonds. The molecule has 13 nitrogen and oxygen atoms in total. The number of Topliss-reactive ketones (excluding diaryl/α,β-unsaturated/α-hetero) is 2. The predicted molar refractivity (Wildman–Crippen MR) is 258 cm³/mol. The van der Waals surface area contributed by atoms with Crippen LogP contribution in [0.5, 0.6) is 5.75 Å². The zero-order chi connectivity index (χ0) is 47.7. The first kappa shape index (κ1) is 45.9. The summed E-state index contributed by atoms with van der Waals surface area (Å²) in [5.74, 6) is -2.47. The number of allylic oxidation sites excluding steroid dienone is 6. The molecule has 69 heavy (non-hydrogen) atoms. The lowest BCUT2D eigenvalue weighted by Gasteiger charge is -2.62. The Balaban J connectivity index is 0.993. The van der Waals surface area contributed by atoms with E-state index in [1.165, 1.54) is 39.5 Å². The fraction of sp³-hybridized carbons (Fsp3) is 0.537. The molecule has 10 aliphatic rings. The van der Waals surface area contributed by atoms with Gasteiger partial charge in [-0.25, -0.2) is 0 Å². The third-order valence-corrected chi connectivity index (χ3v) is 20.9. The molecule has 3 aliphatic heterocycles. The summed E-state index contributed by atoms with van der Waals surface area (Å²) in [6, 6.07) is 12.0. The van der Waals surface area contributed by atoms with E-state index in [4.69, 9.17) is 9.47 Å². The largest absolute Gasteiger partial charge is 0.511 e. The number of ether oxygens (including phenoxy) is 2. The number of rotatable bonds is 5. The van der Waals surface area contributed by atoms with Gasteiger partial charge in [0.25, 0.3) is 0 Å². The molecule has 1 saturated heterocycles. The molecule has 4 fully saturated rings. The zero-order valence-electron chi connectivity index (χ0n) is 38.4. The molecule has 12 atom stereocenters. The molecule has 12 rings (SSSR count). The number of hydrogen-bond acceptors (Lipinski definition) is 15. The smallest absolute Gasteiger partial charge is 0.230 e. The predicted octanol–water partition coefficient (Wildman–Crippen LogP) is 5.92. The number of aliphatic hydroxyl groups excluding tert-OH is 5. The maximum atomic E-state index is 15.5. The summed E-state index contributed by atoms with van der Waals surface area (Å²) >= 11 is 0. The Morgan fingerprint density at radius 2 is 1.77 bits per heavy atom. The standard InChI is InChI=1S/C54H60N2O11S2/c57-23-31-6-3-5-30(15-31)16-32-17-38-44(61)36-7-4-8-39-43(36)45(62)53(38,41(60)18-32)28-68-69-29-56-42-19-37-33(22-55-42)9-10-34-21-50(25-49(12-1-2-13-49)20-35(50)24-58)26-52(34,37)40-11-14-51(27-59)48(64)54(40,65)46(63)47(66-39)67-51/h3-8,11,14-15,17-19,24,34-35,38,40,46-48,55-57,59-60,63-65H,1-2,9-10,12-13,16,20-23,25-29H2. The minimum atomic E-state index is -2.40. The minimum absolute atomic E-state index is 0.0110. The quantitative estimate of drug-likeness (QED) is 0.0993. The summed E-state index contributed by atoms with van der Waals surface area (Å²) in [5.41, 5.74) is -2.86. The van der Waals surface area contributed by atoms with E-state index in [0.29, 0.717) is 30.8 Å². The molecular weight excluding hydrogens is 917 g/mol. The van der Waals surface area contributed by atoms with Crippen molar-refractivity contribution in [2.45, 2.75) is 107 Å². The van der Waals surface area contributed by atoms with Gasteiger partial charge < -0.3 is 55.5 Å². The van der Waals surface area contributed by atoms with Crippen LogP contribution in [0.25, 0.3) is 0 Å². The van der Waals surface area contributed by atoms with Crippen LogP contribution in [0.2, 0.25) is 0 Å². The summed E-state index contributed by atoms with van der Waals surface area (Å²) in [7, 11) is 2.81. The van der Waals surface area contributed by atoms with Crippen LogP contribution in [-0.2, 0) is 22.6 Å². The number of nitrogens with one attached hydrogen (secondary N) is 2. The van der Waals surface area contributed by atoms with Crippen molar-refractivity contribution in [3.63, 3.8) is 0 Å². The molecule has 2 aromatic rings. The van der Waals surface area contributed by atoms with Gasteiger partial charge in [0.1, 0.15) is 46.6 Å². The van der Waals surface area contributed by atoms with Crippen molar-refractivity contribution in [3.05, 3.63) is 123 Å². The van der Waals surface area contributed by atoms with Crippen LogP contribution in [0, 0.1) is 45.3 Å². The number of fused-ring (bicyclic) bond motifs is 2. The lowest BCUT2D eigenvalue weighted by Crippen LogP contribution is -2.78. The van der Waals surface area contributed by atoms with Crippen molar-refractivity contribution < 1.29 is 54.5 Å². The Morgan fingerprint density at radius 3 is 2.57 bits per heavy atom.